The number of benzene rings is 1. The number of nitrogens with zero attached hydrogens (tertiary/aromatic N) is 1. The smallest absolute Gasteiger partial charge is 0.417 e. The lowest BCUT2D eigenvalue weighted by Gasteiger charge is -2.15. The molecule has 1 amide bonds. The molecule has 0 radical (unpaired) electrons. The molecule has 1 aromatic heterocycles. The summed E-state index contributed by atoms with van der Waals surface area (Å²) in [6.45, 7) is -1.54. The van der Waals surface area contributed by atoms with Crippen LogP contribution in [-0.2, 0) is 11.0 Å². The molecule has 0 fully saturated rings. The van der Waals surface area contributed by atoms with E-state index in [0.29, 0.717) is 6.20 Å². The van der Waals surface area contributed by atoms with E-state index in [1.165, 1.54) is 31.2 Å². The maximum atomic E-state index is 12.5. The number of hydrogen-bond acceptors (Lipinski definition) is 4. The van der Waals surface area contributed by atoms with Crippen molar-refractivity contribution in [2.45, 2.75) is 30.0 Å². The number of amides is 1. The predicted molar refractivity (Wildman–Crippen MR) is 86.3 cm³/mol. The van der Waals surface area contributed by atoms with Gasteiger partial charge in [-0.25, -0.2) is 4.98 Å². The zero-order valence-corrected chi connectivity index (χ0v) is 14.1. The molecule has 1 aromatic carbocycles. The van der Waals surface area contributed by atoms with Crippen LogP contribution in [0.1, 0.15) is 12.5 Å². The minimum absolute atomic E-state index is 0.0608. The lowest BCUT2D eigenvalue weighted by molar-refractivity contribution is -0.137. The minimum Gasteiger partial charge on any atom is -0.433 e. The van der Waals surface area contributed by atoms with Gasteiger partial charge in [-0.2, -0.15) is 22.0 Å². The maximum absolute atomic E-state index is 12.5. The Hall–Kier alpha value is -2.36. The third kappa shape index (κ3) is 5.58. The van der Waals surface area contributed by atoms with Crippen molar-refractivity contribution in [1.29, 1.82) is 0 Å². The molecule has 1 N–H and O–H groups in total. The average Bonchev–Trinajstić information content (AvgIpc) is 2.55. The Bertz CT molecular complexity index is 753. The van der Waals surface area contributed by atoms with Gasteiger partial charge in [0, 0.05) is 6.20 Å². The summed E-state index contributed by atoms with van der Waals surface area (Å²) in [6.07, 6.45) is -3.81. The van der Waals surface area contributed by atoms with E-state index >= 15 is 0 Å². The Morgan fingerprint density at radius 1 is 1.19 bits per heavy atom. The molecule has 2 rings (SSSR count). The van der Waals surface area contributed by atoms with Crippen molar-refractivity contribution in [3.63, 3.8) is 0 Å². The molecule has 1 atom stereocenters. The zero-order chi connectivity index (χ0) is 19.3. The van der Waals surface area contributed by atoms with Gasteiger partial charge in [-0.3, -0.25) is 4.79 Å². The topological polar surface area (TPSA) is 51.2 Å². The van der Waals surface area contributed by atoms with E-state index in [9.17, 15) is 26.7 Å². The number of pyridine rings is 1. The molecule has 0 spiro atoms. The zero-order valence-electron chi connectivity index (χ0n) is 13.3. The summed E-state index contributed by atoms with van der Waals surface area (Å²) in [5.74, 6) is -0.734. The van der Waals surface area contributed by atoms with Crippen molar-refractivity contribution in [2.24, 2.45) is 0 Å². The normalized spacial score (nSPS) is 12.7. The van der Waals surface area contributed by atoms with Crippen molar-refractivity contribution in [2.75, 3.05) is 5.32 Å². The Balaban J connectivity index is 2.02. The Morgan fingerprint density at radius 2 is 1.88 bits per heavy atom. The number of alkyl halides is 5. The maximum Gasteiger partial charge on any atom is 0.417 e. The number of carbonyl (C=O) groups is 1. The van der Waals surface area contributed by atoms with Crippen LogP contribution in [0.2, 0.25) is 0 Å². The van der Waals surface area contributed by atoms with Gasteiger partial charge >= 0.3 is 12.8 Å². The van der Waals surface area contributed by atoms with Crippen molar-refractivity contribution < 1.29 is 31.5 Å². The SMILES string of the molecule is CC(Sc1ccc(C(F)(F)F)cn1)C(=O)Nc1ccccc1OC(F)F. The number of halogens is 5. The quantitative estimate of drug-likeness (QED) is 0.566. The summed E-state index contributed by atoms with van der Waals surface area (Å²) >= 11 is 0.931. The molecule has 0 aliphatic rings. The molecule has 0 saturated heterocycles. The fraction of sp³-hybridized carbons (Fsp3) is 0.250. The summed E-state index contributed by atoms with van der Waals surface area (Å²) in [6, 6.07) is 7.69. The van der Waals surface area contributed by atoms with E-state index in [4.69, 9.17) is 0 Å². The van der Waals surface area contributed by atoms with E-state index in [-0.39, 0.29) is 16.5 Å². The fourth-order valence-electron chi connectivity index (χ4n) is 1.86. The van der Waals surface area contributed by atoms with Crippen LogP contribution in [0.5, 0.6) is 5.75 Å². The summed E-state index contributed by atoms with van der Waals surface area (Å²) in [4.78, 5) is 15.9. The average molecular weight is 392 g/mol. The minimum atomic E-state index is -4.49. The summed E-state index contributed by atoms with van der Waals surface area (Å²) in [5.41, 5.74) is -0.831. The standard InChI is InChI=1S/C16H13F5N2O2S/c1-9(26-13-7-6-10(8-22-13)16(19,20)21)14(24)23-11-4-2-3-5-12(11)25-15(17)18/h2-9,15H,1H3,(H,23,24). The van der Waals surface area contributed by atoms with Gasteiger partial charge in [0.05, 0.1) is 21.5 Å². The fourth-order valence-corrected chi connectivity index (χ4v) is 2.64. The number of ether oxygens (including phenoxy) is 1. The number of hydrogen-bond donors (Lipinski definition) is 1. The van der Waals surface area contributed by atoms with Crippen LogP contribution in [-0.4, -0.2) is 22.8 Å². The number of anilines is 1. The molecule has 26 heavy (non-hydrogen) atoms. The Morgan fingerprint density at radius 3 is 2.46 bits per heavy atom. The molecular weight excluding hydrogens is 379 g/mol. The molecule has 0 bridgehead atoms. The second-order valence-electron chi connectivity index (χ2n) is 5.01. The van der Waals surface area contributed by atoms with Gasteiger partial charge < -0.3 is 10.1 Å². The molecule has 1 unspecified atom stereocenters. The van der Waals surface area contributed by atoms with Crippen molar-refractivity contribution in [3.05, 3.63) is 48.2 Å². The first kappa shape index (κ1) is 20.0. The van der Waals surface area contributed by atoms with E-state index < -0.39 is 29.5 Å². The van der Waals surface area contributed by atoms with Crippen LogP contribution in [0, 0.1) is 0 Å². The van der Waals surface area contributed by atoms with Crippen LogP contribution in [0.25, 0.3) is 0 Å². The highest BCUT2D eigenvalue weighted by Gasteiger charge is 2.30. The summed E-state index contributed by atoms with van der Waals surface area (Å²) in [5, 5.41) is 1.93. The first-order valence-electron chi connectivity index (χ1n) is 7.21. The number of thioether (sulfide) groups is 1. The molecule has 0 aliphatic carbocycles. The van der Waals surface area contributed by atoms with E-state index in [0.717, 1.165) is 23.9 Å². The molecular formula is C16H13F5N2O2S. The molecule has 4 nitrogen and oxygen atoms in total. The Kier molecular flexibility index (Phi) is 6.41. The van der Waals surface area contributed by atoms with E-state index in [2.05, 4.69) is 15.0 Å². The predicted octanol–water partition coefficient (Wildman–Crippen LogP) is 4.82. The Labute approximate surface area is 149 Å². The van der Waals surface area contributed by atoms with Gasteiger partial charge in [-0.1, -0.05) is 23.9 Å². The van der Waals surface area contributed by atoms with Crippen molar-refractivity contribution in [1.82, 2.24) is 4.98 Å². The summed E-state index contributed by atoms with van der Waals surface area (Å²) < 4.78 is 66.6. The highest BCUT2D eigenvalue weighted by Crippen LogP contribution is 2.31. The second kappa shape index (κ2) is 8.35. The van der Waals surface area contributed by atoms with Crippen LogP contribution in [0.15, 0.2) is 47.6 Å². The lowest BCUT2D eigenvalue weighted by atomic mass is 10.3. The molecule has 0 saturated carbocycles. The monoisotopic (exact) mass is 392 g/mol. The van der Waals surface area contributed by atoms with E-state index in [1.807, 2.05) is 0 Å². The molecule has 140 valence electrons. The van der Waals surface area contributed by atoms with Gasteiger partial charge in [-0.05, 0) is 31.2 Å². The largest absolute Gasteiger partial charge is 0.433 e. The van der Waals surface area contributed by atoms with E-state index in [1.54, 1.807) is 0 Å². The van der Waals surface area contributed by atoms with Crippen LogP contribution in [0.4, 0.5) is 27.6 Å². The van der Waals surface area contributed by atoms with Crippen molar-refractivity contribution in [3.8, 4) is 5.75 Å². The van der Waals surface area contributed by atoms with Crippen LogP contribution >= 0.6 is 11.8 Å². The first-order valence-corrected chi connectivity index (χ1v) is 8.09. The summed E-state index contributed by atoms with van der Waals surface area (Å²) in [7, 11) is 0. The lowest BCUT2D eigenvalue weighted by Crippen LogP contribution is -2.23. The van der Waals surface area contributed by atoms with Gasteiger partial charge in [0.1, 0.15) is 5.75 Å². The van der Waals surface area contributed by atoms with Crippen molar-refractivity contribution >= 4 is 23.4 Å². The third-order valence-corrected chi connectivity index (χ3v) is 4.14. The second-order valence-corrected chi connectivity index (χ2v) is 6.37. The van der Waals surface area contributed by atoms with Gasteiger partial charge in [0.2, 0.25) is 5.91 Å². The van der Waals surface area contributed by atoms with Crippen LogP contribution in [0.3, 0.4) is 0 Å². The number of rotatable bonds is 6. The molecule has 2 aromatic rings. The number of aromatic nitrogens is 1. The van der Waals surface area contributed by atoms with Gasteiger partial charge in [-0.15, -0.1) is 0 Å². The highest BCUT2D eigenvalue weighted by atomic mass is 32.2. The molecule has 10 heteroatoms. The molecule has 0 aliphatic heterocycles. The van der Waals surface area contributed by atoms with Gasteiger partial charge in [0.25, 0.3) is 0 Å². The highest BCUT2D eigenvalue weighted by molar-refractivity contribution is 8.00. The van der Waals surface area contributed by atoms with Gasteiger partial charge in [0.15, 0.2) is 0 Å². The number of nitrogens with one attached hydrogen (secondary N) is 1. The number of para-hydroxylation sites is 2. The number of carbonyl (C=O) groups excluding carboxylic acids is 1. The first-order chi connectivity index (χ1) is 12.2. The molecule has 1 heterocycles. The van der Waals surface area contributed by atoms with Crippen LogP contribution < -0.4 is 10.1 Å². The third-order valence-electron chi connectivity index (χ3n) is 3.09.